The largest absolute Gasteiger partial charge is 0.416 e. The van der Waals surface area contributed by atoms with E-state index in [1.807, 2.05) is 0 Å². The number of anilines is 2. The van der Waals surface area contributed by atoms with Crippen LogP contribution in [0.5, 0.6) is 0 Å². The van der Waals surface area contributed by atoms with Crippen LogP contribution in [0.25, 0.3) is 0 Å². The van der Waals surface area contributed by atoms with Crippen LogP contribution in [-0.2, 0) is 11.0 Å². The molecule has 4 rings (SSSR count). The van der Waals surface area contributed by atoms with Crippen molar-refractivity contribution in [1.29, 1.82) is 0 Å². The fourth-order valence-electron chi connectivity index (χ4n) is 3.97. The van der Waals surface area contributed by atoms with E-state index >= 15 is 0 Å². The predicted molar refractivity (Wildman–Crippen MR) is 106 cm³/mol. The third-order valence-corrected chi connectivity index (χ3v) is 5.32. The van der Waals surface area contributed by atoms with Crippen molar-refractivity contribution in [2.24, 2.45) is 5.73 Å². The number of hydrogen-bond donors (Lipinski definition) is 2. The van der Waals surface area contributed by atoms with E-state index in [0.29, 0.717) is 16.2 Å². The summed E-state index contributed by atoms with van der Waals surface area (Å²) >= 11 is 0. The Bertz CT molecular complexity index is 1130. The van der Waals surface area contributed by atoms with Gasteiger partial charge in [-0.05, 0) is 42.3 Å². The molecule has 0 saturated heterocycles. The van der Waals surface area contributed by atoms with Gasteiger partial charge in [0.25, 0.3) is 0 Å². The van der Waals surface area contributed by atoms with E-state index in [2.05, 4.69) is 0 Å². The van der Waals surface area contributed by atoms with E-state index in [9.17, 15) is 27.6 Å². The quantitative estimate of drug-likeness (QED) is 0.703. The first-order chi connectivity index (χ1) is 14.6. The Morgan fingerprint density at radius 3 is 2.32 bits per heavy atom. The summed E-state index contributed by atoms with van der Waals surface area (Å²) in [5.41, 5.74) is 11.4. The van der Waals surface area contributed by atoms with Crippen LogP contribution in [-0.4, -0.2) is 22.7 Å². The molecule has 0 saturated carbocycles. The summed E-state index contributed by atoms with van der Waals surface area (Å²) in [6.45, 7) is 0. The Kier molecular flexibility index (Phi) is 4.72. The zero-order chi connectivity index (χ0) is 22.5. The van der Waals surface area contributed by atoms with Crippen molar-refractivity contribution < 1.29 is 27.6 Å². The van der Waals surface area contributed by atoms with Crippen LogP contribution >= 0.6 is 0 Å². The highest BCUT2D eigenvalue weighted by molar-refractivity contribution is 6.12. The second-order valence-electron chi connectivity index (χ2n) is 7.23. The molecule has 1 aliphatic carbocycles. The van der Waals surface area contributed by atoms with Crippen LogP contribution in [0.1, 0.15) is 30.0 Å². The Balaban J connectivity index is 1.92. The lowest BCUT2D eigenvalue weighted by atomic mass is 9.93. The van der Waals surface area contributed by atoms with E-state index in [1.54, 1.807) is 24.3 Å². The van der Waals surface area contributed by atoms with Gasteiger partial charge < -0.3 is 11.5 Å². The van der Waals surface area contributed by atoms with Crippen molar-refractivity contribution in [3.05, 3.63) is 70.9 Å². The number of nitrogen functional groups attached to an aromatic ring is 1. The number of alkyl halides is 3. The standard InChI is InChI=1S/C21H17F3N4O3/c22-21(23,24)12-2-1-3-14(10-12)27-15-8-9-16(29)17(15)18(28(19(26)30)20(27)31)11-4-6-13(25)7-5-11/h1-7,10,18H,8-9,25H2,(H2,26,30)/t18-/m1/s1. The topological polar surface area (TPSA) is 110 Å². The lowest BCUT2D eigenvalue weighted by Crippen LogP contribution is -2.54. The number of Topliss-reactive ketones (excluding diaryl/α,β-unsaturated/α-hetero) is 1. The summed E-state index contributed by atoms with van der Waals surface area (Å²) in [6.07, 6.45) is -4.42. The molecule has 0 radical (unpaired) electrons. The molecule has 2 aliphatic rings. The molecule has 2 aromatic rings. The van der Waals surface area contributed by atoms with Gasteiger partial charge in [0.05, 0.1) is 17.3 Å². The van der Waals surface area contributed by atoms with Crippen LogP contribution in [0.4, 0.5) is 34.1 Å². The minimum absolute atomic E-state index is 0.0610. The SMILES string of the molecule is NC(=O)N1C(=O)N(c2cccc(C(F)(F)F)c2)C2=C(C(=O)CC2)[C@H]1c1ccc(N)cc1. The first-order valence-corrected chi connectivity index (χ1v) is 9.31. The molecule has 4 N–H and O–H groups in total. The highest BCUT2D eigenvalue weighted by atomic mass is 19.4. The van der Waals surface area contributed by atoms with Gasteiger partial charge in [0, 0.05) is 23.4 Å². The molecule has 160 valence electrons. The molecular weight excluding hydrogens is 413 g/mol. The molecule has 7 nitrogen and oxygen atoms in total. The zero-order valence-corrected chi connectivity index (χ0v) is 16.0. The second kappa shape index (κ2) is 7.15. The Morgan fingerprint density at radius 1 is 1.03 bits per heavy atom. The molecule has 1 heterocycles. The van der Waals surface area contributed by atoms with E-state index in [1.165, 1.54) is 6.07 Å². The van der Waals surface area contributed by atoms with Crippen molar-refractivity contribution in [2.45, 2.75) is 25.1 Å². The van der Waals surface area contributed by atoms with Crippen molar-refractivity contribution in [3.8, 4) is 0 Å². The van der Waals surface area contributed by atoms with Gasteiger partial charge in [0.2, 0.25) is 0 Å². The zero-order valence-electron chi connectivity index (χ0n) is 16.0. The highest BCUT2D eigenvalue weighted by Crippen LogP contribution is 2.45. The van der Waals surface area contributed by atoms with Crippen LogP contribution in [0.2, 0.25) is 0 Å². The van der Waals surface area contributed by atoms with Crippen molar-refractivity contribution in [1.82, 2.24) is 4.90 Å². The summed E-state index contributed by atoms with van der Waals surface area (Å²) < 4.78 is 39.7. The molecule has 10 heteroatoms. The summed E-state index contributed by atoms with van der Waals surface area (Å²) in [5.74, 6) is -0.312. The molecule has 0 fully saturated rings. The van der Waals surface area contributed by atoms with Gasteiger partial charge in [0.15, 0.2) is 5.78 Å². The number of urea groups is 2. The van der Waals surface area contributed by atoms with E-state index in [-0.39, 0.29) is 35.6 Å². The van der Waals surface area contributed by atoms with Crippen molar-refractivity contribution in [3.63, 3.8) is 0 Å². The lowest BCUT2D eigenvalue weighted by molar-refractivity contribution is -0.137. The number of imide groups is 1. The molecule has 31 heavy (non-hydrogen) atoms. The third-order valence-electron chi connectivity index (χ3n) is 5.32. The van der Waals surface area contributed by atoms with Crippen LogP contribution < -0.4 is 16.4 Å². The maximum absolute atomic E-state index is 13.3. The minimum Gasteiger partial charge on any atom is -0.399 e. The molecule has 0 bridgehead atoms. The average molecular weight is 430 g/mol. The third kappa shape index (κ3) is 3.39. The van der Waals surface area contributed by atoms with E-state index in [4.69, 9.17) is 11.5 Å². The monoisotopic (exact) mass is 430 g/mol. The van der Waals surface area contributed by atoms with Crippen molar-refractivity contribution >= 4 is 29.2 Å². The molecular formula is C21H17F3N4O3. The van der Waals surface area contributed by atoms with Gasteiger partial charge in [-0.15, -0.1) is 0 Å². The number of benzene rings is 2. The summed E-state index contributed by atoms with van der Waals surface area (Å²) in [4.78, 5) is 40.0. The number of nitrogens with two attached hydrogens (primary N) is 2. The van der Waals surface area contributed by atoms with Gasteiger partial charge >= 0.3 is 18.2 Å². The van der Waals surface area contributed by atoms with Crippen LogP contribution in [0, 0.1) is 0 Å². The number of primary amides is 1. The molecule has 4 amide bonds. The fourth-order valence-corrected chi connectivity index (χ4v) is 3.97. The van der Waals surface area contributed by atoms with Gasteiger partial charge in [-0.3, -0.25) is 9.69 Å². The summed E-state index contributed by atoms with van der Waals surface area (Å²) in [6, 6.07) is 7.24. The molecule has 0 unspecified atom stereocenters. The van der Waals surface area contributed by atoms with Crippen LogP contribution in [0.3, 0.4) is 0 Å². The fraction of sp³-hybridized carbons (Fsp3) is 0.190. The first-order valence-electron chi connectivity index (χ1n) is 9.31. The molecule has 1 atom stereocenters. The number of nitrogens with zero attached hydrogens (tertiary/aromatic N) is 2. The normalized spacial score (nSPS) is 19.1. The Morgan fingerprint density at radius 2 is 1.71 bits per heavy atom. The summed E-state index contributed by atoms with van der Waals surface area (Å²) in [5, 5.41) is 0. The number of carbonyl (C=O) groups is 3. The van der Waals surface area contributed by atoms with Crippen LogP contribution in [0.15, 0.2) is 59.8 Å². The highest BCUT2D eigenvalue weighted by Gasteiger charge is 2.48. The minimum atomic E-state index is -4.63. The second-order valence-corrected chi connectivity index (χ2v) is 7.23. The number of carbonyl (C=O) groups excluding carboxylic acids is 3. The maximum atomic E-state index is 13.3. The van der Waals surface area contributed by atoms with Gasteiger partial charge in [-0.2, -0.15) is 13.2 Å². The van der Waals surface area contributed by atoms with Gasteiger partial charge in [0.1, 0.15) is 0 Å². The maximum Gasteiger partial charge on any atom is 0.416 e. The predicted octanol–water partition coefficient (Wildman–Crippen LogP) is 3.97. The molecule has 0 aromatic heterocycles. The number of allylic oxidation sites excluding steroid dienone is 1. The molecule has 2 aromatic carbocycles. The number of ketones is 1. The number of hydrogen-bond acceptors (Lipinski definition) is 4. The van der Waals surface area contributed by atoms with Gasteiger partial charge in [-0.25, -0.2) is 14.5 Å². The van der Waals surface area contributed by atoms with E-state index in [0.717, 1.165) is 23.1 Å². The first kappa shape index (κ1) is 20.5. The van der Waals surface area contributed by atoms with Crippen molar-refractivity contribution in [2.75, 3.05) is 10.6 Å². The molecule has 0 spiro atoms. The smallest absolute Gasteiger partial charge is 0.399 e. The molecule has 1 aliphatic heterocycles. The average Bonchev–Trinajstić information content (AvgIpc) is 3.08. The lowest BCUT2D eigenvalue weighted by Gasteiger charge is -2.40. The summed E-state index contributed by atoms with van der Waals surface area (Å²) in [7, 11) is 0. The Labute approximate surface area is 174 Å². The number of halogens is 3. The number of amides is 4. The number of rotatable bonds is 2. The van der Waals surface area contributed by atoms with E-state index < -0.39 is 29.8 Å². The van der Waals surface area contributed by atoms with Gasteiger partial charge in [-0.1, -0.05) is 18.2 Å². The Hall–Kier alpha value is -3.82.